The first kappa shape index (κ1) is 13.9. The van der Waals surface area contributed by atoms with Gasteiger partial charge in [-0.1, -0.05) is 12.1 Å². The van der Waals surface area contributed by atoms with Gasteiger partial charge in [-0.25, -0.2) is 9.37 Å². The third-order valence-corrected chi connectivity index (χ3v) is 2.61. The van der Waals surface area contributed by atoms with Crippen LogP contribution in [0.4, 0.5) is 10.2 Å². The lowest BCUT2D eigenvalue weighted by Gasteiger charge is -2.02. The van der Waals surface area contributed by atoms with E-state index in [1.807, 2.05) is 0 Å². The van der Waals surface area contributed by atoms with Gasteiger partial charge in [0.2, 0.25) is 5.91 Å². The van der Waals surface area contributed by atoms with Crippen LogP contribution >= 0.6 is 0 Å². The second kappa shape index (κ2) is 6.58. The van der Waals surface area contributed by atoms with E-state index in [2.05, 4.69) is 10.3 Å². The van der Waals surface area contributed by atoms with E-state index in [1.165, 1.54) is 18.2 Å². The molecule has 0 bridgehead atoms. The van der Waals surface area contributed by atoms with E-state index >= 15 is 0 Å². The molecule has 1 amide bonds. The number of carbonyl (C=O) groups is 1. The fourth-order valence-corrected chi connectivity index (χ4v) is 1.58. The molecule has 20 heavy (non-hydrogen) atoms. The second-order valence-corrected chi connectivity index (χ2v) is 4.13. The van der Waals surface area contributed by atoms with Gasteiger partial charge in [-0.3, -0.25) is 4.79 Å². The average molecular weight is 271 g/mol. The Bertz CT molecular complexity index is 623. The summed E-state index contributed by atoms with van der Waals surface area (Å²) in [4.78, 5) is 15.7. The molecular weight excluding hydrogens is 257 g/mol. The highest BCUT2D eigenvalue weighted by atomic mass is 19.1. The van der Waals surface area contributed by atoms with Crippen LogP contribution in [0.1, 0.15) is 11.1 Å². The van der Waals surface area contributed by atoms with E-state index in [0.29, 0.717) is 12.4 Å². The van der Waals surface area contributed by atoms with Crippen molar-refractivity contribution < 1.29 is 9.18 Å². The molecule has 0 saturated carbocycles. The minimum Gasteiger partial charge on any atom is -0.326 e. The molecular formula is C15H14FN3O. The van der Waals surface area contributed by atoms with Crippen LogP contribution in [0.25, 0.3) is 6.08 Å². The number of nitrogens with one attached hydrogen (secondary N) is 1. The van der Waals surface area contributed by atoms with Crippen molar-refractivity contribution in [3.05, 3.63) is 65.6 Å². The minimum atomic E-state index is -0.311. The number of carbonyl (C=O) groups excluding carboxylic acids is 1. The van der Waals surface area contributed by atoms with Gasteiger partial charge >= 0.3 is 0 Å². The third-order valence-electron chi connectivity index (χ3n) is 2.61. The summed E-state index contributed by atoms with van der Waals surface area (Å²) in [6, 6.07) is 9.35. The fraction of sp³-hybridized carbons (Fsp3) is 0.0667. The highest BCUT2D eigenvalue weighted by Gasteiger charge is 2.00. The number of pyridine rings is 1. The van der Waals surface area contributed by atoms with Crippen LogP contribution in [-0.2, 0) is 11.3 Å². The molecule has 0 aliphatic heterocycles. The lowest BCUT2D eigenvalue weighted by molar-refractivity contribution is -0.111. The number of hydrogen-bond donors (Lipinski definition) is 2. The summed E-state index contributed by atoms with van der Waals surface area (Å²) in [5.41, 5.74) is 7.14. The standard InChI is InChI=1S/C15H14FN3O/c16-13-4-1-11(2-5-13)3-6-15(20)19-14-9-12(10-17)7-8-18-14/h1-9H,10,17H2,(H,18,19,20)/b6-3+. The summed E-state index contributed by atoms with van der Waals surface area (Å²) >= 11 is 0. The molecule has 0 aliphatic rings. The summed E-state index contributed by atoms with van der Waals surface area (Å²) < 4.78 is 12.7. The lowest BCUT2D eigenvalue weighted by Crippen LogP contribution is -2.09. The Balaban J connectivity index is 1.99. The molecule has 1 aromatic heterocycles. The first-order valence-corrected chi connectivity index (χ1v) is 6.07. The van der Waals surface area contributed by atoms with Crippen LogP contribution in [0.2, 0.25) is 0 Å². The van der Waals surface area contributed by atoms with Gasteiger partial charge in [-0.15, -0.1) is 0 Å². The summed E-state index contributed by atoms with van der Waals surface area (Å²) in [5.74, 6) is -0.174. The largest absolute Gasteiger partial charge is 0.326 e. The molecule has 0 aliphatic carbocycles. The fourth-order valence-electron chi connectivity index (χ4n) is 1.58. The molecule has 2 aromatic rings. The Kier molecular flexibility index (Phi) is 4.57. The van der Waals surface area contributed by atoms with Gasteiger partial charge in [-0.05, 0) is 41.5 Å². The van der Waals surface area contributed by atoms with Crippen LogP contribution < -0.4 is 11.1 Å². The van der Waals surface area contributed by atoms with Gasteiger partial charge in [0.15, 0.2) is 0 Å². The third kappa shape index (κ3) is 4.00. The van der Waals surface area contributed by atoms with E-state index < -0.39 is 0 Å². The lowest BCUT2D eigenvalue weighted by atomic mass is 10.2. The second-order valence-electron chi connectivity index (χ2n) is 4.13. The molecule has 3 N–H and O–H groups in total. The number of nitrogens with two attached hydrogens (primary N) is 1. The Morgan fingerprint density at radius 1 is 1.30 bits per heavy atom. The Labute approximate surface area is 116 Å². The molecule has 0 spiro atoms. The first-order chi connectivity index (χ1) is 9.67. The van der Waals surface area contributed by atoms with E-state index in [4.69, 9.17) is 5.73 Å². The number of benzene rings is 1. The summed E-state index contributed by atoms with van der Waals surface area (Å²) in [5, 5.41) is 2.63. The summed E-state index contributed by atoms with van der Waals surface area (Å²) in [6.45, 7) is 0.386. The van der Waals surface area contributed by atoms with Gasteiger partial charge in [0.25, 0.3) is 0 Å². The van der Waals surface area contributed by atoms with Crippen molar-refractivity contribution in [1.29, 1.82) is 0 Å². The topological polar surface area (TPSA) is 68.0 Å². The first-order valence-electron chi connectivity index (χ1n) is 6.07. The predicted octanol–water partition coefficient (Wildman–Crippen LogP) is 2.33. The van der Waals surface area contributed by atoms with Crippen molar-refractivity contribution in [2.45, 2.75) is 6.54 Å². The monoisotopic (exact) mass is 271 g/mol. The maximum atomic E-state index is 12.7. The molecule has 0 atom stereocenters. The molecule has 0 saturated heterocycles. The number of aromatic nitrogens is 1. The Morgan fingerprint density at radius 3 is 2.75 bits per heavy atom. The van der Waals surface area contributed by atoms with Gasteiger partial charge < -0.3 is 11.1 Å². The van der Waals surface area contributed by atoms with Crippen molar-refractivity contribution in [2.24, 2.45) is 5.73 Å². The highest BCUT2D eigenvalue weighted by molar-refractivity contribution is 6.01. The van der Waals surface area contributed by atoms with Gasteiger partial charge in [0.1, 0.15) is 11.6 Å². The van der Waals surface area contributed by atoms with Crippen LogP contribution in [0, 0.1) is 5.82 Å². The van der Waals surface area contributed by atoms with E-state index in [9.17, 15) is 9.18 Å². The van der Waals surface area contributed by atoms with Crippen molar-refractivity contribution >= 4 is 17.8 Å². The highest BCUT2D eigenvalue weighted by Crippen LogP contribution is 2.07. The number of rotatable bonds is 4. The number of halogens is 1. The maximum absolute atomic E-state index is 12.7. The van der Waals surface area contributed by atoms with Crippen LogP contribution in [0.3, 0.4) is 0 Å². The smallest absolute Gasteiger partial charge is 0.249 e. The Morgan fingerprint density at radius 2 is 2.05 bits per heavy atom. The average Bonchev–Trinajstić information content (AvgIpc) is 2.47. The molecule has 0 fully saturated rings. The zero-order chi connectivity index (χ0) is 14.4. The number of hydrogen-bond acceptors (Lipinski definition) is 3. The van der Waals surface area contributed by atoms with Crippen LogP contribution in [0.15, 0.2) is 48.7 Å². The molecule has 2 rings (SSSR count). The van der Waals surface area contributed by atoms with Crippen molar-refractivity contribution in [3.8, 4) is 0 Å². The predicted molar refractivity (Wildman–Crippen MR) is 76.2 cm³/mol. The Hall–Kier alpha value is -2.53. The van der Waals surface area contributed by atoms with Crippen LogP contribution in [0.5, 0.6) is 0 Å². The van der Waals surface area contributed by atoms with Gasteiger partial charge in [-0.2, -0.15) is 0 Å². The molecule has 102 valence electrons. The van der Waals surface area contributed by atoms with Crippen molar-refractivity contribution in [1.82, 2.24) is 4.98 Å². The molecule has 1 aromatic carbocycles. The zero-order valence-electron chi connectivity index (χ0n) is 10.7. The quantitative estimate of drug-likeness (QED) is 0.839. The number of nitrogens with zero attached hydrogens (tertiary/aromatic N) is 1. The summed E-state index contributed by atoms with van der Waals surface area (Å²) in [7, 11) is 0. The SMILES string of the molecule is NCc1ccnc(NC(=O)/C=C/c2ccc(F)cc2)c1. The van der Waals surface area contributed by atoms with Gasteiger partial charge in [0.05, 0.1) is 0 Å². The zero-order valence-corrected chi connectivity index (χ0v) is 10.7. The molecule has 5 heteroatoms. The normalized spacial score (nSPS) is 10.7. The molecule has 1 heterocycles. The number of amides is 1. The maximum Gasteiger partial charge on any atom is 0.249 e. The van der Waals surface area contributed by atoms with Crippen molar-refractivity contribution in [3.63, 3.8) is 0 Å². The minimum absolute atomic E-state index is 0.309. The molecule has 4 nitrogen and oxygen atoms in total. The van der Waals surface area contributed by atoms with Crippen LogP contribution in [-0.4, -0.2) is 10.9 Å². The molecule has 0 radical (unpaired) electrons. The van der Waals surface area contributed by atoms with E-state index in [-0.39, 0.29) is 11.7 Å². The molecule has 0 unspecified atom stereocenters. The summed E-state index contributed by atoms with van der Waals surface area (Å²) in [6.07, 6.45) is 4.55. The van der Waals surface area contributed by atoms with Crippen molar-refractivity contribution in [2.75, 3.05) is 5.32 Å². The van der Waals surface area contributed by atoms with E-state index in [1.54, 1.807) is 36.5 Å². The van der Waals surface area contributed by atoms with Gasteiger partial charge in [0, 0.05) is 18.8 Å². The number of anilines is 1. The van der Waals surface area contributed by atoms with E-state index in [0.717, 1.165) is 11.1 Å².